The molecule has 0 saturated heterocycles. The highest BCUT2D eigenvalue weighted by Crippen LogP contribution is 2.23. The van der Waals surface area contributed by atoms with E-state index < -0.39 is 0 Å². The molecular formula is C11H8N2OS2. The van der Waals surface area contributed by atoms with Gasteiger partial charge in [-0.2, -0.15) is 5.26 Å². The van der Waals surface area contributed by atoms with E-state index in [4.69, 9.17) is 5.26 Å². The summed E-state index contributed by atoms with van der Waals surface area (Å²) in [7, 11) is 0. The SMILES string of the molecule is CSc1cc(-n2sccc2=O)ccc1C#N. The van der Waals surface area contributed by atoms with Gasteiger partial charge < -0.3 is 0 Å². The van der Waals surface area contributed by atoms with Crippen LogP contribution in [-0.2, 0) is 0 Å². The van der Waals surface area contributed by atoms with Crippen LogP contribution in [0.25, 0.3) is 5.69 Å². The zero-order valence-corrected chi connectivity index (χ0v) is 10.1. The fraction of sp³-hybridized carbons (Fsp3) is 0.0909. The summed E-state index contributed by atoms with van der Waals surface area (Å²) in [5.41, 5.74) is 1.41. The topological polar surface area (TPSA) is 45.8 Å². The molecular weight excluding hydrogens is 240 g/mol. The van der Waals surface area contributed by atoms with Crippen LogP contribution in [0.1, 0.15) is 5.56 Å². The molecule has 0 fully saturated rings. The molecule has 0 radical (unpaired) electrons. The Kier molecular flexibility index (Phi) is 3.13. The molecule has 5 heteroatoms. The molecule has 1 aromatic carbocycles. The number of hydrogen-bond donors (Lipinski definition) is 0. The Bertz CT molecular complexity index is 607. The number of nitriles is 1. The highest BCUT2D eigenvalue weighted by Gasteiger charge is 2.05. The van der Waals surface area contributed by atoms with Gasteiger partial charge in [-0.15, -0.1) is 11.8 Å². The fourth-order valence-corrected chi connectivity index (χ4v) is 2.63. The first-order valence-electron chi connectivity index (χ1n) is 4.52. The standard InChI is InChI=1S/C11H8N2OS2/c1-15-10-6-9(3-2-8(10)7-12)13-11(14)4-5-16-13/h2-6H,1H3. The van der Waals surface area contributed by atoms with E-state index in [1.54, 1.807) is 21.5 Å². The first-order chi connectivity index (χ1) is 7.76. The van der Waals surface area contributed by atoms with E-state index in [1.807, 2.05) is 12.3 Å². The monoisotopic (exact) mass is 248 g/mol. The van der Waals surface area contributed by atoms with Crippen molar-refractivity contribution < 1.29 is 0 Å². The summed E-state index contributed by atoms with van der Waals surface area (Å²) in [4.78, 5) is 12.4. The largest absolute Gasteiger partial charge is 0.268 e. The van der Waals surface area contributed by atoms with Crippen LogP contribution in [0, 0.1) is 11.3 Å². The van der Waals surface area contributed by atoms with Gasteiger partial charge in [0, 0.05) is 16.3 Å². The van der Waals surface area contributed by atoms with Crippen molar-refractivity contribution in [3.63, 3.8) is 0 Å². The molecule has 0 N–H and O–H groups in total. The molecule has 0 bridgehead atoms. The van der Waals surface area contributed by atoms with Gasteiger partial charge in [0.1, 0.15) is 6.07 Å². The second-order valence-corrected chi connectivity index (χ2v) is 4.73. The average Bonchev–Trinajstić information content (AvgIpc) is 2.74. The van der Waals surface area contributed by atoms with Gasteiger partial charge in [-0.05, 0) is 24.5 Å². The van der Waals surface area contributed by atoms with Crippen LogP contribution in [0.15, 0.2) is 39.3 Å². The lowest BCUT2D eigenvalue weighted by Crippen LogP contribution is -2.09. The molecule has 1 heterocycles. The Hall–Kier alpha value is -1.51. The van der Waals surface area contributed by atoms with Crippen LogP contribution in [0.3, 0.4) is 0 Å². The molecule has 1 aromatic heterocycles. The Morgan fingerprint density at radius 1 is 1.44 bits per heavy atom. The fourth-order valence-electron chi connectivity index (χ4n) is 1.36. The van der Waals surface area contributed by atoms with Gasteiger partial charge in [0.15, 0.2) is 0 Å². The van der Waals surface area contributed by atoms with Crippen molar-refractivity contribution in [1.82, 2.24) is 3.96 Å². The summed E-state index contributed by atoms with van der Waals surface area (Å²) < 4.78 is 1.60. The van der Waals surface area contributed by atoms with Gasteiger partial charge in [0.05, 0.1) is 11.3 Å². The second kappa shape index (κ2) is 4.56. The molecule has 0 aliphatic rings. The molecule has 80 valence electrons. The van der Waals surface area contributed by atoms with E-state index >= 15 is 0 Å². The first kappa shape index (κ1) is 11.0. The van der Waals surface area contributed by atoms with Crippen molar-refractivity contribution in [2.24, 2.45) is 0 Å². The lowest BCUT2D eigenvalue weighted by Gasteiger charge is -2.04. The molecule has 0 aliphatic heterocycles. The minimum atomic E-state index is -0.0400. The predicted octanol–water partition coefficient (Wildman–Crippen LogP) is 2.49. The third kappa shape index (κ3) is 1.90. The lowest BCUT2D eigenvalue weighted by atomic mass is 10.2. The van der Waals surface area contributed by atoms with Crippen LogP contribution in [0.5, 0.6) is 0 Å². The average molecular weight is 248 g/mol. The van der Waals surface area contributed by atoms with Crippen molar-refractivity contribution >= 4 is 23.3 Å². The number of nitrogens with zero attached hydrogens (tertiary/aromatic N) is 2. The van der Waals surface area contributed by atoms with E-state index in [-0.39, 0.29) is 5.56 Å². The summed E-state index contributed by atoms with van der Waals surface area (Å²) >= 11 is 2.85. The van der Waals surface area contributed by atoms with Crippen LogP contribution in [0.4, 0.5) is 0 Å². The Morgan fingerprint density at radius 2 is 2.25 bits per heavy atom. The van der Waals surface area contributed by atoms with Crippen LogP contribution < -0.4 is 5.56 Å². The molecule has 0 aliphatic carbocycles. The lowest BCUT2D eigenvalue weighted by molar-refractivity contribution is 1.12. The van der Waals surface area contributed by atoms with Crippen molar-refractivity contribution in [2.75, 3.05) is 6.26 Å². The number of benzene rings is 1. The van der Waals surface area contributed by atoms with E-state index in [1.165, 1.54) is 29.4 Å². The minimum Gasteiger partial charge on any atom is -0.268 e. The van der Waals surface area contributed by atoms with Gasteiger partial charge >= 0.3 is 0 Å². The predicted molar refractivity (Wildman–Crippen MR) is 66.4 cm³/mol. The van der Waals surface area contributed by atoms with Crippen LogP contribution in [0.2, 0.25) is 0 Å². The molecule has 16 heavy (non-hydrogen) atoms. The molecule has 0 spiro atoms. The van der Waals surface area contributed by atoms with Gasteiger partial charge in [0.2, 0.25) is 0 Å². The van der Waals surface area contributed by atoms with E-state index in [9.17, 15) is 4.79 Å². The quantitative estimate of drug-likeness (QED) is 0.767. The van der Waals surface area contributed by atoms with Crippen LogP contribution >= 0.6 is 23.3 Å². The molecule has 0 amide bonds. The van der Waals surface area contributed by atoms with E-state index in [0.717, 1.165) is 10.6 Å². The smallest absolute Gasteiger partial charge is 0.265 e. The highest BCUT2D eigenvalue weighted by atomic mass is 32.2. The first-order valence-corrected chi connectivity index (χ1v) is 6.58. The molecule has 0 unspecified atom stereocenters. The molecule has 2 rings (SSSR count). The van der Waals surface area contributed by atoms with Crippen molar-refractivity contribution in [1.29, 1.82) is 5.26 Å². The van der Waals surface area contributed by atoms with E-state index in [2.05, 4.69) is 6.07 Å². The molecule has 0 atom stereocenters. The van der Waals surface area contributed by atoms with E-state index in [0.29, 0.717) is 5.56 Å². The number of hydrogen-bond acceptors (Lipinski definition) is 4. The van der Waals surface area contributed by atoms with Gasteiger partial charge in [-0.1, -0.05) is 11.5 Å². The van der Waals surface area contributed by atoms with Crippen molar-refractivity contribution in [3.05, 3.63) is 45.6 Å². The third-order valence-corrected chi connectivity index (χ3v) is 3.75. The summed E-state index contributed by atoms with van der Waals surface area (Å²) in [5.74, 6) is 0. The number of thioether (sulfide) groups is 1. The zero-order chi connectivity index (χ0) is 11.5. The zero-order valence-electron chi connectivity index (χ0n) is 8.51. The van der Waals surface area contributed by atoms with Crippen LogP contribution in [-0.4, -0.2) is 10.2 Å². The van der Waals surface area contributed by atoms with Gasteiger partial charge in [-0.3, -0.25) is 4.79 Å². The summed E-state index contributed by atoms with van der Waals surface area (Å²) in [6.07, 6.45) is 1.91. The second-order valence-electron chi connectivity index (χ2n) is 3.04. The molecule has 3 nitrogen and oxygen atoms in total. The van der Waals surface area contributed by atoms with Gasteiger partial charge in [0.25, 0.3) is 5.56 Å². The van der Waals surface area contributed by atoms with Crippen molar-refractivity contribution in [3.8, 4) is 11.8 Å². The van der Waals surface area contributed by atoms with Gasteiger partial charge in [-0.25, -0.2) is 3.96 Å². The molecule has 2 aromatic rings. The Labute approximate surface area is 101 Å². The number of rotatable bonds is 2. The third-order valence-electron chi connectivity index (χ3n) is 2.12. The maximum atomic E-state index is 11.5. The molecule has 0 saturated carbocycles. The minimum absolute atomic E-state index is 0.0400. The summed E-state index contributed by atoms with van der Waals surface area (Å²) in [6, 6.07) is 9.05. The van der Waals surface area contributed by atoms with Crippen molar-refractivity contribution in [2.45, 2.75) is 4.90 Å². The Balaban J connectivity index is 2.58. The highest BCUT2D eigenvalue weighted by molar-refractivity contribution is 7.98. The maximum absolute atomic E-state index is 11.5. The maximum Gasteiger partial charge on any atom is 0.265 e. The summed E-state index contributed by atoms with van der Waals surface area (Å²) in [5, 5.41) is 10.6. The normalized spacial score (nSPS) is 10.0. The summed E-state index contributed by atoms with van der Waals surface area (Å²) in [6.45, 7) is 0. The Morgan fingerprint density at radius 3 is 2.81 bits per heavy atom. The number of aromatic nitrogens is 1.